The minimum absolute atomic E-state index is 0.630. The molecule has 0 saturated carbocycles. The molecule has 0 radical (unpaired) electrons. The fraction of sp³-hybridized carbons (Fsp3) is 0.474. The van der Waals surface area contributed by atoms with Crippen molar-refractivity contribution in [2.75, 3.05) is 19.8 Å². The van der Waals surface area contributed by atoms with Crippen molar-refractivity contribution in [1.29, 1.82) is 0 Å². The Balaban J connectivity index is 1.47. The molecule has 0 saturated heterocycles. The normalized spacial score (nSPS) is 16.7. The number of benzene rings is 1. The summed E-state index contributed by atoms with van der Waals surface area (Å²) in [4.78, 5) is 11.7. The van der Waals surface area contributed by atoms with Gasteiger partial charge >= 0.3 is 0 Å². The molecule has 1 aromatic heterocycles. The number of nitrogens with zero attached hydrogens (tertiary/aromatic N) is 3. The first-order valence-electron chi connectivity index (χ1n) is 8.76. The Morgan fingerprint density at radius 3 is 2.92 bits per heavy atom. The van der Waals surface area contributed by atoms with E-state index >= 15 is 0 Å². The first-order valence-corrected chi connectivity index (χ1v) is 8.76. The molecule has 5 nitrogen and oxygen atoms in total. The summed E-state index contributed by atoms with van der Waals surface area (Å²) in [5.41, 5.74) is 3.75. The van der Waals surface area contributed by atoms with E-state index in [0.29, 0.717) is 13.2 Å². The molecule has 0 spiro atoms. The maximum absolute atomic E-state index is 5.69. The molecule has 126 valence electrons. The zero-order valence-electron chi connectivity index (χ0n) is 14.1. The molecule has 5 heteroatoms. The highest BCUT2D eigenvalue weighted by molar-refractivity contribution is 5.43. The van der Waals surface area contributed by atoms with Crippen LogP contribution in [0.3, 0.4) is 0 Å². The fourth-order valence-corrected chi connectivity index (χ4v) is 3.32. The van der Waals surface area contributed by atoms with Gasteiger partial charge in [0.05, 0.1) is 5.69 Å². The Labute approximate surface area is 142 Å². The lowest BCUT2D eigenvalue weighted by Gasteiger charge is -2.28. The number of ether oxygens (including phenoxy) is 2. The van der Waals surface area contributed by atoms with Crippen LogP contribution in [0, 0.1) is 0 Å². The van der Waals surface area contributed by atoms with Gasteiger partial charge in [-0.2, -0.15) is 0 Å². The van der Waals surface area contributed by atoms with Crippen LogP contribution in [0.1, 0.15) is 36.0 Å². The van der Waals surface area contributed by atoms with Crippen molar-refractivity contribution in [1.82, 2.24) is 14.9 Å². The van der Waals surface area contributed by atoms with Crippen molar-refractivity contribution >= 4 is 0 Å². The molecule has 0 amide bonds. The Kier molecular flexibility index (Phi) is 4.34. The van der Waals surface area contributed by atoms with Crippen LogP contribution in [0.2, 0.25) is 0 Å². The first kappa shape index (κ1) is 15.4. The zero-order chi connectivity index (χ0) is 16.4. The van der Waals surface area contributed by atoms with Gasteiger partial charge in [0.2, 0.25) is 0 Å². The summed E-state index contributed by atoms with van der Waals surface area (Å²) in [6.45, 7) is 6.26. The average molecular weight is 325 g/mol. The third-order valence-corrected chi connectivity index (χ3v) is 4.56. The summed E-state index contributed by atoms with van der Waals surface area (Å²) in [5.74, 6) is 2.69. The lowest BCUT2D eigenvalue weighted by Crippen LogP contribution is -2.31. The van der Waals surface area contributed by atoms with Gasteiger partial charge in [0.15, 0.2) is 11.5 Å². The molecule has 0 unspecified atom stereocenters. The van der Waals surface area contributed by atoms with E-state index in [2.05, 4.69) is 28.9 Å². The largest absolute Gasteiger partial charge is 0.486 e. The summed E-state index contributed by atoms with van der Waals surface area (Å²) in [6, 6.07) is 6.25. The highest BCUT2D eigenvalue weighted by atomic mass is 16.6. The van der Waals surface area contributed by atoms with E-state index in [-0.39, 0.29) is 0 Å². The van der Waals surface area contributed by atoms with Gasteiger partial charge in [0.25, 0.3) is 0 Å². The Hall–Kier alpha value is -2.14. The van der Waals surface area contributed by atoms with Crippen LogP contribution >= 0.6 is 0 Å². The van der Waals surface area contributed by atoms with Gasteiger partial charge in [0.1, 0.15) is 19.0 Å². The minimum Gasteiger partial charge on any atom is -0.486 e. The second-order valence-corrected chi connectivity index (χ2v) is 6.45. The van der Waals surface area contributed by atoms with Crippen LogP contribution in [0.25, 0.3) is 0 Å². The van der Waals surface area contributed by atoms with Crippen LogP contribution in [-0.4, -0.2) is 34.6 Å². The van der Waals surface area contributed by atoms with Gasteiger partial charge < -0.3 is 9.47 Å². The van der Waals surface area contributed by atoms with Crippen LogP contribution in [0.5, 0.6) is 11.5 Å². The maximum atomic E-state index is 5.69. The standard InChI is InChI=1S/C19H23N3O2/c1-2-3-19-20-11-15-6-7-22(13-16(15)21-19)12-14-4-5-17-18(10-14)24-9-8-23-17/h4-5,10-11H,2-3,6-9,12-13H2,1H3. The molecule has 0 bridgehead atoms. The molecule has 0 N–H and O–H groups in total. The highest BCUT2D eigenvalue weighted by Crippen LogP contribution is 2.31. The fourth-order valence-electron chi connectivity index (χ4n) is 3.32. The summed E-state index contributed by atoms with van der Waals surface area (Å²) >= 11 is 0. The number of hydrogen-bond acceptors (Lipinski definition) is 5. The van der Waals surface area contributed by atoms with Gasteiger partial charge in [-0.25, -0.2) is 9.97 Å². The topological polar surface area (TPSA) is 47.5 Å². The minimum atomic E-state index is 0.630. The van der Waals surface area contributed by atoms with E-state index in [1.165, 1.54) is 16.8 Å². The lowest BCUT2D eigenvalue weighted by molar-refractivity contribution is 0.171. The summed E-state index contributed by atoms with van der Waals surface area (Å²) in [5, 5.41) is 0. The second-order valence-electron chi connectivity index (χ2n) is 6.45. The van der Waals surface area contributed by atoms with Crippen LogP contribution in [-0.2, 0) is 25.9 Å². The van der Waals surface area contributed by atoms with E-state index in [4.69, 9.17) is 14.5 Å². The molecule has 3 heterocycles. The van der Waals surface area contributed by atoms with Gasteiger partial charge in [-0.1, -0.05) is 13.0 Å². The van der Waals surface area contributed by atoms with Crippen molar-refractivity contribution in [2.45, 2.75) is 39.3 Å². The molecule has 0 aliphatic carbocycles. The van der Waals surface area contributed by atoms with E-state index in [1.807, 2.05) is 12.3 Å². The van der Waals surface area contributed by atoms with E-state index in [1.54, 1.807) is 0 Å². The lowest BCUT2D eigenvalue weighted by atomic mass is 10.1. The predicted molar refractivity (Wildman–Crippen MR) is 91.3 cm³/mol. The summed E-state index contributed by atoms with van der Waals surface area (Å²) in [7, 11) is 0. The molecule has 1 aromatic carbocycles. The van der Waals surface area contributed by atoms with Crippen molar-refractivity contribution in [3.63, 3.8) is 0 Å². The number of aromatic nitrogens is 2. The second kappa shape index (κ2) is 6.77. The van der Waals surface area contributed by atoms with E-state index in [0.717, 1.165) is 56.2 Å². The third-order valence-electron chi connectivity index (χ3n) is 4.56. The van der Waals surface area contributed by atoms with E-state index < -0.39 is 0 Å². The first-order chi connectivity index (χ1) is 11.8. The highest BCUT2D eigenvalue weighted by Gasteiger charge is 2.19. The van der Waals surface area contributed by atoms with Crippen molar-refractivity contribution < 1.29 is 9.47 Å². The van der Waals surface area contributed by atoms with Crippen LogP contribution < -0.4 is 9.47 Å². The quantitative estimate of drug-likeness (QED) is 0.865. The molecule has 2 aliphatic heterocycles. The monoisotopic (exact) mass is 325 g/mol. The molecule has 0 fully saturated rings. The summed E-state index contributed by atoms with van der Waals surface area (Å²) < 4.78 is 11.3. The molecule has 24 heavy (non-hydrogen) atoms. The molecule has 2 aromatic rings. The Bertz CT molecular complexity index is 733. The number of rotatable bonds is 4. The van der Waals surface area contributed by atoms with Crippen molar-refractivity contribution in [3.05, 3.63) is 47.0 Å². The van der Waals surface area contributed by atoms with Gasteiger partial charge in [-0.15, -0.1) is 0 Å². The number of hydrogen-bond donors (Lipinski definition) is 0. The van der Waals surface area contributed by atoms with Crippen LogP contribution in [0.4, 0.5) is 0 Å². The third kappa shape index (κ3) is 3.22. The van der Waals surface area contributed by atoms with Gasteiger partial charge in [-0.3, -0.25) is 4.90 Å². The Morgan fingerprint density at radius 2 is 2.04 bits per heavy atom. The molecular weight excluding hydrogens is 302 g/mol. The van der Waals surface area contributed by atoms with Crippen molar-refractivity contribution in [2.24, 2.45) is 0 Å². The maximum Gasteiger partial charge on any atom is 0.161 e. The molecule has 2 aliphatic rings. The number of fused-ring (bicyclic) bond motifs is 2. The van der Waals surface area contributed by atoms with Gasteiger partial charge in [0, 0.05) is 32.3 Å². The average Bonchev–Trinajstić information content (AvgIpc) is 2.62. The zero-order valence-corrected chi connectivity index (χ0v) is 14.1. The van der Waals surface area contributed by atoms with E-state index in [9.17, 15) is 0 Å². The summed E-state index contributed by atoms with van der Waals surface area (Å²) in [6.07, 6.45) is 5.08. The number of aryl methyl sites for hydroxylation is 1. The Morgan fingerprint density at radius 1 is 1.17 bits per heavy atom. The molecular formula is C19H23N3O2. The van der Waals surface area contributed by atoms with Gasteiger partial charge in [-0.05, 0) is 36.1 Å². The smallest absolute Gasteiger partial charge is 0.161 e. The predicted octanol–water partition coefficient (Wildman–Crippen LogP) is 2.76. The van der Waals surface area contributed by atoms with Crippen molar-refractivity contribution in [3.8, 4) is 11.5 Å². The SMILES string of the molecule is CCCc1ncc2c(n1)CN(Cc1ccc3c(c1)OCCO3)CC2. The molecule has 4 rings (SSSR count). The molecule has 0 atom stereocenters. The van der Waals surface area contributed by atoms with Crippen LogP contribution in [0.15, 0.2) is 24.4 Å².